The summed E-state index contributed by atoms with van der Waals surface area (Å²) in [6.45, 7) is 3.67. The van der Waals surface area contributed by atoms with Crippen molar-refractivity contribution in [3.8, 4) is 11.5 Å². The molecule has 0 spiro atoms. The van der Waals surface area contributed by atoms with E-state index in [2.05, 4.69) is 9.72 Å². The summed E-state index contributed by atoms with van der Waals surface area (Å²) >= 11 is 0. The third-order valence-corrected chi connectivity index (χ3v) is 3.17. The second-order valence-electron chi connectivity index (χ2n) is 4.95. The van der Waals surface area contributed by atoms with Gasteiger partial charge in [-0.2, -0.15) is 5.06 Å². The average Bonchev–Trinajstić information content (AvgIpc) is 3.06. The number of amides is 1. The van der Waals surface area contributed by atoms with Gasteiger partial charge in [-0.15, -0.1) is 13.2 Å². The first-order valence-corrected chi connectivity index (χ1v) is 7.15. The second-order valence-corrected chi connectivity index (χ2v) is 4.95. The van der Waals surface area contributed by atoms with E-state index in [4.69, 9.17) is 4.84 Å². The van der Waals surface area contributed by atoms with E-state index < -0.39 is 12.4 Å². The second kappa shape index (κ2) is 7.24. The Morgan fingerprint density at radius 2 is 1.92 bits per heavy atom. The van der Waals surface area contributed by atoms with Crippen LogP contribution in [0.2, 0.25) is 0 Å². The van der Waals surface area contributed by atoms with E-state index >= 15 is 0 Å². The van der Waals surface area contributed by atoms with Gasteiger partial charge in [0.15, 0.2) is 5.75 Å². The first-order valence-electron chi connectivity index (χ1n) is 7.15. The number of benzene rings is 1. The number of nitrogens with zero attached hydrogens (tertiary/aromatic N) is 3. The standard InChI is InChI=1S/C15H16F3N3O3/c1-3-11(2)21(14(22)20-9-8-19-10-20)24-13-6-4-12(5-7-13)23-15(16,17)18/h4-11H,3H2,1-2H3. The Balaban J connectivity index is 2.13. The first kappa shape index (κ1) is 17.6. The van der Waals surface area contributed by atoms with Gasteiger partial charge in [0.2, 0.25) is 0 Å². The Morgan fingerprint density at radius 1 is 1.29 bits per heavy atom. The van der Waals surface area contributed by atoms with Crippen molar-refractivity contribution in [2.24, 2.45) is 0 Å². The van der Waals surface area contributed by atoms with Gasteiger partial charge < -0.3 is 9.57 Å². The normalized spacial score (nSPS) is 12.5. The molecule has 1 atom stereocenters. The molecule has 0 saturated heterocycles. The van der Waals surface area contributed by atoms with Crippen molar-refractivity contribution in [2.45, 2.75) is 32.7 Å². The van der Waals surface area contributed by atoms with Crippen LogP contribution >= 0.6 is 0 Å². The molecule has 0 bridgehead atoms. The van der Waals surface area contributed by atoms with Crippen LogP contribution in [0, 0.1) is 0 Å². The zero-order valence-electron chi connectivity index (χ0n) is 13.0. The van der Waals surface area contributed by atoms with Crippen LogP contribution in [0.25, 0.3) is 0 Å². The van der Waals surface area contributed by atoms with Gasteiger partial charge in [0, 0.05) is 12.4 Å². The van der Waals surface area contributed by atoms with E-state index in [1.54, 1.807) is 6.92 Å². The van der Waals surface area contributed by atoms with Gasteiger partial charge >= 0.3 is 12.4 Å². The van der Waals surface area contributed by atoms with Crippen LogP contribution in [-0.4, -0.2) is 33.0 Å². The van der Waals surface area contributed by atoms with Crippen molar-refractivity contribution in [3.05, 3.63) is 43.0 Å². The van der Waals surface area contributed by atoms with Crippen LogP contribution in [0.3, 0.4) is 0 Å². The maximum absolute atomic E-state index is 12.4. The molecular weight excluding hydrogens is 327 g/mol. The molecule has 24 heavy (non-hydrogen) atoms. The Hall–Kier alpha value is -2.71. The van der Waals surface area contributed by atoms with Crippen LogP contribution in [0.15, 0.2) is 43.0 Å². The largest absolute Gasteiger partial charge is 0.573 e. The summed E-state index contributed by atoms with van der Waals surface area (Å²) in [7, 11) is 0. The topological polar surface area (TPSA) is 56.6 Å². The monoisotopic (exact) mass is 343 g/mol. The van der Waals surface area contributed by atoms with Gasteiger partial charge in [-0.3, -0.25) is 4.57 Å². The molecule has 9 heteroatoms. The summed E-state index contributed by atoms with van der Waals surface area (Å²) in [5.74, 6) is -0.163. The fraction of sp³-hybridized carbons (Fsp3) is 0.333. The van der Waals surface area contributed by atoms with Crippen molar-refractivity contribution in [1.82, 2.24) is 14.6 Å². The third-order valence-electron chi connectivity index (χ3n) is 3.17. The highest BCUT2D eigenvalue weighted by Crippen LogP contribution is 2.25. The zero-order valence-corrected chi connectivity index (χ0v) is 13.0. The molecule has 1 amide bonds. The molecule has 6 nitrogen and oxygen atoms in total. The van der Waals surface area contributed by atoms with Crippen molar-refractivity contribution in [1.29, 1.82) is 0 Å². The maximum atomic E-state index is 12.4. The van der Waals surface area contributed by atoms with Gasteiger partial charge in [-0.25, -0.2) is 9.78 Å². The molecule has 2 aromatic rings. The number of imidazole rings is 1. The van der Waals surface area contributed by atoms with Gasteiger partial charge in [0.25, 0.3) is 0 Å². The van der Waals surface area contributed by atoms with E-state index in [0.717, 1.165) is 17.2 Å². The highest BCUT2D eigenvalue weighted by Gasteiger charge is 2.31. The molecule has 0 aliphatic heterocycles. The number of hydrogen-bond donors (Lipinski definition) is 0. The Morgan fingerprint density at radius 3 is 2.42 bits per heavy atom. The minimum Gasteiger partial charge on any atom is -0.406 e. The predicted molar refractivity (Wildman–Crippen MR) is 78.4 cm³/mol. The number of hydroxylamine groups is 2. The van der Waals surface area contributed by atoms with Crippen LogP contribution in [0.1, 0.15) is 20.3 Å². The Kier molecular flexibility index (Phi) is 5.32. The molecule has 2 rings (SSSR count). The first-order chi connectivity index (χ1) is 11.3. The molecule has 0 aliphatic carbocycles. The number of hydrogen-bond acceptors (Lipinski definition) is 4. The lowest BCUT2D eigenvalue weighted by molar-refractivity contribution is -0.274. The number of halogens is 3. The number of alkyl halides is 3. The molecule has 0 fully saturated rings. The molecule has 0 radical (unpaired) electrons. The summed E-state index contributed by atoms with van der Waals surface area (Å²) in [4.78, 5) is 21.8. The van der Waals surface area contributed by atoms with E-state index in [0.29, 0.717) is 6.42 Å². The predicted octanol–water partition coefficient (Wildman–Crippen LogP) is 3.84. The zero-order chi connectivity index (χ0) is 17.7. The molecule has 0 aliphatic rings. The lowest BCUT2D eigenvalue weighted by atomic mass is 10.2. The van der Waals surface area contributed by atoms with E-state index in [9.17, 15) is 18.0 Å². The van der Waals surface area contributed by atoms with Crippen LogP contribution in [0.5, 0.6) is 11.5 Å². The molecule has 1 aromatic heterocycles. The minimum absolute atomic E-state index is 0.207. The number of aromatic nitrogens is 2. The maximum Gasteiger partial charge on any atom is 0.573 e. The van der Waals surface area contributed by atoms with Crippen molar-refractivity contribution < 1.29 is 27.5 Å². The average molecular weight is 343 g/mol. The summed E-state index contributed by atoms with van der Waals surface area (Å²) < 4.78 is 41.5. The van der Waals surface area contributed by atoms with Gasteiger partial charge in [-0.05, 0) is 37.6 Å². The summed E-state index contributed by atoms with van der Waals surface area (Å²) in [5.41, 5.74) is 0. The SMILES string of the molecule is CCC(C)N(Oc1ccc(OC(F)(F)F)cc1)C(=O)n1ccnc1. The van der Waals surface area contributed by atoms with Crippen LogP contribution in [-0.2, 0) is 0 Å². The molecule has 1 aromatic carbocycles. The smallest absolute Gasteiger partial charge is 0.406 e. The van der Waals surface area contributed by atoms with Crippen molar-refractivity contribution >= 4 is 6.03 Å². The Labute approximate surface area is 136 Å². The number of ether oxygens (including phenoxy) is 1. The lowest BCUT2D eigenvalue weighted by Crippen LogP contribution is -2.43. The van der Waals surface area contributed by atoms with Gasteiger partial charge in [0.05, 0.1) is 6.04 Å². The number of rotatable bonds is 5. The lowest BCUT2D eigenvalue weighted by Gasteiger charge is -2.27. The number of carbonyl (C=O) groups excluding carboxylic acids is 1. The summed E-state index contributed by atoms with van der Waals surface area (Å²) in [6, 6.07) is 4.08. The Bertz CT molecular complexity index is 657. The van der Waals surface area contributed by atoms with Crippen molar-refractivity contribution in [3.63, 3.8) is 0 Å². The quantitative estimate of drug-likeness (QED) is 0.774. The molecule has 1 unspecified atom stereocenters. The molecular formula is C15H16F3N3O3. The number of carbonyl (C=O) groups is 1. The van der Waals surface area contributed by atoms with E-state index in [1.807, 2.05) is 6.92 Å². The highest BCUT2D eigenvalue weighted by atomic mass is 19.4. The van der Waals surface area contributed by atoms with Gasteiger partial charge in [-0.1, -0.05) is 6.92 Å². The third kappa shape index (κ3) is 4.64. The highest BCUT2D eigenvalue weighted by molar-refractivity contribution is 5.76. The minimum atomic E-state index is -4.76. The molecule has 0 saturated carbocycles. The van der Waals surface area contributed by atoms with E-state index in [1.165, 1.54) is 35.4 Å². The molecule has 130 valence electrons. The van der Waals surface area contributed by atoms with Crippen LogP contribution in [0.4, 0.5) is 18.0 Å². The fourth-order valence-corrected chi connectivity index (χ4v) is 1.79. The summed E-state index contributed by atoms with van der Waals surface area (Å²) in [5, 5.41) is 1.14. The summed E-state index contributed by atoms with van der Waals surface area (Å²) in [6.07, 6.45) is 0.122. The van der Waals surface area contributed by atoms with Crippen molar-refractivity contribution in [2.75, 3.05) is 0 Å². The fourth-order valence-electron chi connectivity index (χ4n) is 1.79. The molecule has 1 heterocycles. The van der Waals surface area contributed by atoms with E-state index in [-0.39, 0.29) is 17.5 Å². The van der Waals surface area contributed by atoms with Gasteiger partial charge in [0.1, 0.15) is 12.1 Å². The molecule has 0 N–H and O–H groups in total. The van der Waals surface area contributed by atoms with Crippen LogP contribution < -0.4 is 9.57 Å².